The van der Waals surface area contributed by atoms with Gasteiger partial charge in [-0.25, -0.2) is 9.59 Å². The second-order valence-electron chi connectivity index (χ2n) is 9.73. The standard InChI is InChI=1S/C28H33N3O5/c1-5-34-26(32)24-19-31(21-15-17-30(18-16-21)27(33)36-28(2,3)4)29-25(24)20-11-13-23(14-12-20)35-22-9-7-6-8-10-22/h6-14,19,21H,5,15-18H2,1-4H3. The number of piperidine rings is 1. The van der Waals surface area contributed by atoms with Gasteiger partial charge in [-0.1, -0.05) is 18.2 Å². The van der Waals surface area contributed by atoms with Crippen molar-refractivity contribution < 1.29 is 23.8 Å². The Morgan fingerprint density at radius 1 is 0.972 bits per heavy atom. The first-order valence-electron chi connectivity index (χ1n) is 12.3. The molecule has 0 N–H and O–H groups in total. The monoisotopic (exact) mass is 491 g/mol. The van der Waals surface area contributed by atoms with E-state index in [-0.39, 0.29) is 18.7 Å². The number of carbonyl (C=O) groups excluding carboxylic acids is 2. The van der Waals surface area contributed by atoms with Gasteiger partial charge in [0.05, 0.1) is 12.6 Å². The van der Waals surface area contributed by atoms with E-state index in [0.717, 1.165) is 11.3 Å². The van der Waals surface area contributed by atoms with Crippen LogP contribution in [-0.4, -0.2) is 52.0 Å². The molecule has 0 spiro atoms. The lowest BCUT2D eigenvalue weighted by Gasteiger charge is -2.33. The Bertz CT molecular complexity index is 1170. The molecule has 1 aliphatic rings. The SMILES string of the molecule is CCOC(=O)c1cn(C2CCN(C(=O)OC(C)(C)C)CC2)nc1-c1ccc(Oc2ccccc2)cc1. The maximum absolute atomic E-state index is 12.7. The van der Waals surface area contributed by atoms with Crippen molar-refractivity contribution in [1.29, 1.82) is 0 Å². The number of amides is 1. The first kappa shape index (κ1) is 25.3. The summed E-state index contributed by atoms with van der Waals surface area (Å²) in [6, 6.07) is 17.1. The van der Waals surface area contributed by atoms with Crippen LogP contribution in [0.2, 0.25) is 0 Å². The van der Waals surface area contributed by atoms with Gasteiger partial charge in [0.15, 0.2) is 0 Å². The number of carbonyl (C=O) groups is 2. The first-order valence-corrected chi connectivity index (χ1v) is 12.3. The molecule has 0 radical (unpaired) electrons. The van der Waals surface area contributed by atoms with Crippen LogP contribution in [0.25, 0.3) is 11.3 Å². The van der Waals surface area contributed by atoms with Crippen LogP contribution in [-0.2, 0) is 9.47 Å². The molecular formula is C28H33N3O5. The van der Waals surface area contributed by atoms with Gasteiger partial charge in [-0.05, 0) is 76.9 Å². The third-order valence-electron chi connectivity index (χ3n) is 5.82. The van der Waals surface area contributed by atoms with Crippen molar-refractivity contribution in [1.82, 2.24) is 14.7 Å². The third kappa shape index (κ3) is 6.24. The van der Waals surface area contributed by atoms with Crippen LogP contribution in [0.15, 0.2) is 60.8 Å². The fourth-order valence-electron chi connectivity index (χ4n) is 4.10. The molecule has 0 bridgehead atoms. The molecule has 36 heavy (non-hydrogen) atoms. The summed E-state index contributed by atoms with van der Waals surface area (Å²) in [7, 11) is 0. The summed E-state index contributed by atoms with van der Waals surface area (Å²) in [5.74, 6) is 1.03. The lowest BCUT2D eigenvalue weighted by atomic mass is 10.1. The predicted molar refractivity (Wildman–Crippen MR) is 136 cm³/mol. The zero-order valence-electron chi connectivity index (χ0n) is 21.3. The van der Waals surface area contributed by atoms with Crippen LogP contribution in [0.4, 0.5) is 4.79 Å². The molecule has 2 aromatic carbocycles. The van der Waals surface area contributed by atoms with Gasteiger partial charge >= 0.3 is 12.1 Å². The average molecular weight is 492 g/mol. The number of likely N-dealkylation sites (tertiary alicyclic amines) is 1. The summed E-state index contributed by atoms with van der Waals surface area (Å²) in [6.45, 7) is 8.77. The van der Waals surface area contributed by atoms with Crippen molar-refractivity contribution in [2.75, 3.05) is 19.7 Å². The molecule has 1 aromatic heterocycles. The minimum absolute atomic E-state index is 0.0614. The second kappa shape index (κ2) is 10.8. The van der Waals surface area contributed by atoms with Crippen LogP contribution < -0.4 is 4.74 Å². The van der Waals surface area contributed by atoms with E-state index in [4.69, 9.17) is 19.3 Å². The second-order valence-corrected chi connectivity index (χ2v) is 9.73. The summed E-state index contributed by atoms with van der Waals surface area (Å²) < 4.78 is 18.5. The van der Waals surface area contributed by atoms with Gasteiger partial charge in [0.2, 0.25) is 0 Å². The van der Waals surface area contributed by atoms with E-state index in [0.29, 0.717) is 42.9 Å². The van der Waals surface area contributed by atoms with Gasteiger partial charge in [-0.2, -0.15) is 5.10 Å². The zero-order chi connectivity index (χ0) is 25.7. The highest BCUT2D eigenvalue weighted by atomic mass is 16.6. The van der Waals surface area contributed by atoms with E-state index in [9.17, 15) is 9.59 Å². The van der Waals surface area contributed by atoms with E-state index < -0.39 is 11.6 Å². The van der Waals surface area contributed by atoms with E-state index in [1.807, 2.05) is 80.1 Å². The summed E-state index contributed by atoms with van der Waals surface area (Å²) in [5, 5.41) is 4.79. The van der Waals surface area contributed by atoms with Crippen molar-refractivity contribution in [3.05, 3.63) is 66.4 Å². The van der Waals surface area contributed by atoms with Crippen molar-refractivity contribution in [2.45, 2.75) is 52.2 Å². The molecule has 1 saturated heterocycles. The van der Waals surface area contributed by atoms with Gasteiger partial charge < -0.3 is 19.1 Å². The van der Waals surface area contributed by atoms with Crippen LogP contribution in [0.1, 0.15) is 56.9 Å². The quantitative estimate of drug-likeness (QED) is 0.388. The fourth-order valence-corrected chi connectivity index (χ4v) is 4.10. The Morgan fingerprint density at radius 2 is 1.61 bits per heavy atom. The molecule has 1 amide bonds. The topological polar surface area (TPSA) is 82.9 Å². The van der Waals surface area contributed by atoms with Gasteiger partial charge in [-0.15, -0.1) is 0 Å². The largest absolute Gasteiger partial charge is 0.462 e. The molecule has 3 aromatic rings. The number of hydrogen-bond donors (Lipinski definition) is 0. The molecule has 0 aliphatic carbocycles. The Hall–Kier alpha value is -3.81. The molecule has 0 atom stereocenters. The lowest BCUT2D eigenvalue weighted by Crippen LogP contribution is -2.42. The van der Waals surface area contributed by atoms with Gasteiger partial charge in [0.1, 0.15) is 28.4 Å². The molecule has 8 nitrogen and oxygen atoms in total. The maximum atomic E-state index is 12.7. The van der Waals surface area contributed by atoms with Crippen LogP contribution >= 0.6 is 0 Å². The van der Waals surface area contributed by atoms with Gasteiger partial charge in [0.25, 0.3) is 0 Å². The van der Waals surface area contributed by atoms with Crippen molar-refractivity contribution in [2.24, 2.45) is 0 Å². The van der Waals surface area contributed by atoms with E-state index in [1.165, 1.54) is 0 Å². The molecule has 8 heteroatoms. The summed E-state index contributed by atoms with van der Waals surface area (Å²) in [4.78, 5) is 26.9. The number of ether oxygens (including phenoxy) is 3. The number of benzene rings is 2. The molecule has 1 aliphatic heterocycles. The summed E-state index contributed by atoms with van der Waals surface area (Å²) >= 11 is 0. The van der Waals surface area contributed by atoms with E-state index in [1.54, 1.807) is 18.0 Å². The molecule has 0 unspecified atom stereocenters. The minimum atomic E-state index is -0.527. The van der Waals surface area contributed by atoms with Crippen molar-refractivity contribution in [3.8, 4) is 22.8 Å². The number of hydrogen-bond acceptors (Lipinski definition) is 6. The maximum Gasteiger partial charge on any atom is 0.410 e. The molecule has 190 valence electrons. The van der Waals surface area contributed by atoms with Crippen molar-refractivity contribution in [3.63, 3.8) is 0 Å². The minimum Gasteiger partial charge on any atom is -0.462 e. The number of aromatic nitrogens is 2. The molecule has 4 rings (SSSR count). The smallest absolute Gasteiger partial charge is 0.410 e. The van der Waals surface area contributed by atoms with Gasteiger partial charge in [-0.3, -0.25) is 4.68 Å². The number of nitrogens with zero attached hydrogens (tertiary/aromatic N) is 3. The Morgan fingerprint density at radius 3 is 2.22 bits per heavy atom. The lowest BCUT2D eigenvalue weighted by molar-refractivity contribution is 0.0184. The highest BCUT2D eigenvalue weighted by Crippen LogP contribution is 2.30. The fraction of sp³-hybridized carbons (Fsp3) is 0.393. The normalized spacial score (nSPS) is 14.4. The first-order chi connectivity index (χ1) is 17.2. The molecule has 0 saturated carbocycles. The van der Waals surface area contributed by atoms with E-state index in [2.05, 4.69) is 0 Å². The third-order valence-corrected chi connectivity index (χ3v) is 5.82. The Balaban J connectivity index is 1.51. The molecule has 1 fully saturated rings. The number of para-hydroxylation sites is 1. The zero-order valence-corrected chi connectivity index (χ0v) is 21.3. The molecular weight excluding hydrogens is 458 g/mol. The van der Waals surface area contributed by atoms with E-state index >= 15 is 0 Å². The summed E-state index contributed by atoms with van der Waals surface area (Å²) in [6.07, 6.45) is 2.89. The van der Waals surface area contributed by atoms with Crippen molar-refractivity contribution >= 4 is 12.1 Å². The Kier molecular flexibility index (Phi) is 7.62. The van der Waals surface area contributed by atoms with Crippen LogP contribution in [0.5, 0.6) is 11.5 Å². The Labute approximate surface area is 211 Å². The predicted octanol–water partition coefficient (Wildman–Crippen LogP) is 6.09. The van der Waals surface area contributed by atoms with Crippen LogP contribution in [0.3, 0.4) is 0 Å². The van der Waals surface area contributed by atoms with Gasteiger partial charge in [0, 0.05) is 24.8 Å². The number of rotatable bonds is 6. The summed E-state index contributed by atoms with van der Waals surface area (Å²) in [5.41, 5.74) is 1.25. The average Bonchev–Trinajstić information content (AvgIpc) is 3.30. The highest BCUT2D eigenvalue weighted by molar-refractivity contribution is 5.96. The van der Waals surface area contributed by atoms with Crippen LogP contribution in [0, 0.1) is 0 Å². The number of esters is 1. The highest BCUT2D eigenvalue weighted by Gasteiger charge is 2.29. The molecule has 2 heterocycles.